The van der Waals surface area contributed by atoms with Crippen LogP contribution in [0.15, 0.2) is 18.2 Å². The Morgan fingerprint density at radius 3 is 2.38 bits per heavy atom. The molecule has 8 heteroatoms. The predicted octanol–water partition coefficient (Wildman–Crippen LogP) is 3.28. The number of thiocarbonyl (C=S) groups is 1. The van der Waals surface area contributed by atoms with Gasteiger partial charge in [-0.15, -0.1) is 0 Å². The molecule has 1 saturated heterocycles. The molecule has 1 fully saturated rings. The highest BCUT2D eigenvalue weighted by atomic mass is 35.5. The molecule has 1 aliphatic heterocycles. The predicted molar refractivity (Wildman–Crippen MR) is 97.5 cm³/mol. The van der Waals surface area contributed by atoms with Crippen LogP contribution in [0.4, 0.5) is 0 Å². The van der Waals surface area contributed by atoms with Crippen LogP contribution in [0.1, 0.15) is 30.1 Å². The molecule has 0 aliphatic carbocycles. The Bertz CT molecular complexity index is 626. The van der Waals surface area contributed by atoms with Crippen LogP contribution in [0.3, 0.4) is 0 Å². The summed E-state index contributed by atoms with van der Waals surface area (Å²) in [6.07, 6.45) is 1.30. The van der Waals surface area contributed by atoms with Gasteiger partial charge in [0.05, 0.1) is 12.5 Å². The first-order chi connectivity index (χ1) is 11.4. The number of amides is 1. The van der Waals surface area contributed by atoms with Crippen molar-refractivity contribution in [3.8, 4) is 0 Å². The van der Waals surface area contributed by atoms with Crippen molar-refractivity contribution in [3.05, 3.63) is 33.8 Å². The minimum Gasteiger partial charge on any atom is -0.466 e. The molecule has 1 aliphatic rings. The minimum absolute atomic E-state index is 0.105. The number of carbonyl (C=O) groups is 2. The summed E-state index contributed by atoms with van der Waals surface area (Å²) in [7, 11) is 0. The summed E-state index contributed by atoms with van der Waals surface area (Å²) in [6, 6.07) is 4.61. The molecular weight excluding hydrogens is 371 g/mol. The number of hydrogen-bond acceptors (Lipinski definition) is 4. The number of likely N-dealkylation sites (tertiary alicyclic amines) is 1. The van der Waals surface area contributed by atoms with Gasteiger partial charge < -0.3 is 9.64 Å². The molecule has 0 bridgehead atoms. The molecule has 1 amide bonds. The molecule has 24 heavy (non-hydrogen) atoms. The zero-order valence-electron chi connectivity index (χ0n) is 13.2. The fourth-order valence-corrected chi connectivity index (χ4v) is 3.31. The second kappa shape index (κ2) is 8.65. The van der Waals surface area contributed by atoms with E-state index in [1.165, 1.54) is 12.1 Å². The summed E-state index contributed by atoms with van der Waals surface area (Å²) < 4.78 is 5.04. The number of hydrogen-bond donors (Lipinski definition) is 1. The third kappa shape index (κ3) is 5.06. The third-order valence-corrected chi connectivity index (χ3v) is 4.54. The van der Waals surface area contributed by atoms with Gasteiger partial charge in [0.2, 0.25) is 0 Å². The molecule has 1 heterocycles. The maximum absolute atomic E-state index is 12.2. The number of rotatable bonds is 3. The Balaban J connectivity index is 1.89. The molecule has 0 radical (unpaired) electrons. The third-order valence-electron chi connectivity index (χ3n) is 3.75. The van der Waals surface area contributed by atoms with Gasteiger partial charge in [-0.05, 0) is 50.2 Å². The van der Waals surface area contributed by atoms with Crippen molar-refractivity contribution in [1.82, 2.24) is 10.2 Å². The van der Waals surface area contributed by atoms with E-state index in [4.69, 9.17) is 40.2 Å². The molecule has 0 spiro atoms. The van der Waals surface area contributed by atoms with Crippen LogP contribution in [0, 0.1) is 5.92 Å². The Morgan fingerprint density at radius 2 is 1.83 bits per heavy atom. The molecule has 1 N–H and O–H groups in total. The van der Waals surface area contributed by atoms with E-state index in [1.807, 2.05) is 4.90 Å². The molecular formula is C16H18Cl2N2O3S. The van der Waals surface area contributed by atoms with Crippen molar-refractivity contribution >= 4 is 52.4 Å². The Morgan fingerprint density at radius 1 is 1.25 bits per heavy atom. The number of ether oxygens (including phenoxy) is 1. The number of nitrogens with zero attached hydrogens (tertiary/aromatic N) is 1. The lowest BCUT2D eigenvalue weighted by molar-refractivity contribution is -0.149. The molecule has 2 rings (SSSR count). The summed E-state index contributed by atoms with van der Waals surface area (Å²) in [5.74, 6) is -0.635. The van der Waals surface area contributed by atoms with Crippen LogP contribution in [0.5, 0.6) is 0 Å². The minimum atomic E-state index is -0.364. The monoisotopic (exact) mass is 388 g/mol. The van der Waals surface area contributed by atoms with E-state index in [1.54, 1.807) is 13.0 Å². The van der Waals surface area contributed by atoms with E-state index < -0.39 is 0 Å². The summed E-state index contributed by atoms with van der Waals surface area (Å²) in [6.45, 7) is 3.37. The normalized spacial score (nSPS) is 15.0. The van der Waals surface area contributed by atoms with Crippen molar-refractivity contribution in [2.75, 3.05) is 19.7 Å². The van der Waals surface area contributed by atoms with E-state index >= 15 is 0 Å². The number of esters is 1. The smallest absolute Gasteiger partial charge is 0.309 e. The first-order valence-corrected chi connectivity index (χ1v) is 8.80. The maximum atomic E-state index is 12.2. The topological polar surface area (TPSA) is 58.6 Å². The zero-order chi connectivity index (χ0) is 17.7. The summed E-state index contributed by atoms with van der Waals surface area (Å²) >= 11 is 17.1. The van der Waals surface area contributed by atoms with E-state index in [0.717, 1.165) is 0 Å². The van der Waals surface area contributed by atoms with Gasteiger partial charge in [-0.1, -0.05) is 23.2 Å². The highest BCUT2D eigenvalue weighted by molar-refractivity contribution is 7.80. The maximum Gasteiger partial charge on any atom is 0.309 e. The SMILES string of the molecule is CCOC(=O)C1CCN(C(=S)NC(=O)c2cc(Cl)cc(Cl)c2)CC1. The molecule has 5 nitrogen and oxygen atoms in total. The van der Waals surface area contributed by atoms with Gasteiger partial charge in [-0.25, -0.2) is 0 Å². The summed E-state index contributed by atoms with van der Waals surface area (Å²) in [5, 5.41) is 3.77. The average molecular weight is 389 g/mol. The van der Waals surface area contributed by atoms with Crippen molar-refractivity contribution < 1.29 is 14.3 Å². The van der Waals surface area contributed by atoms with Crippen molar-refractivity contribution in [2.24, 2.45) is 5.92 Å². The number of benzene rings is 1. The number of piperidine rings is 1. The lowest BCUT2D eigenvalue weighted by atomic mass is 9.97. The van der Waals surface area contributed by atoms with E-state index in [0.29, 0.717) is 53.3 Å². The molecule has 1 aromatic carbocycles. The second-order valence-corrected chi connectivity index (χ2v) is 6.69. The van der Waals surface area contributed by atoms with Crippen LogP contribution < -0.4 is 5.32 Å². The summed E-state index contributed by atoms with van der Waals surface area (Å²) in [5.41, 5.74) is 0.344. The van der Waals surface area contributed by atoms with Crippen LogP contribution in [0.25, 0.3) is 0 Å². The quantitative estimate of drug-likeness (QED) is 0.635. The van der Waals surface area contributed by atoms with Gasteiger partial charge >= 0.3 is 5.97 Å². The van der Waals surface area contributed by atoms with Crippen LogP contribution >= 0.6 is 35.4 Å². The zero-order valence-corrected chi connectivity index (χ0v) is 15.5. The van der Waals surface area contributed by atoms with Gasteiger partial charge in [0, 0.05) is 28.7 Å². The standard InChI is InChI=1S/C16H18Cl2N2O3S/c1-2-23-15(22)10-3-5-20(6-4-10)16(24)19-14(21)11-7-12(17)9-13(18)8-11/h7-10H,2-6H2,1H3,(H,19,21,24). The highest BCUT2D eigenvalue weighted by Gasteiger charge is 2.27. The van der Waals surface area contributed by atoms with Gasteiger partial charge in [-0.2, -0.15) is 0 Å². The Kier molecular flexibility index (Phi) is 6.83. The summed E-state index contributed by atoms with van der Waals surface area (Å²) in [4.78, 5) is 25.8. The fourth-order valence-electron chi connectivity index (χ4n) is 2.51. The number of nitrogens with one attached hydrogen (secondary N) is 1. The van der Waals surface area contributed by atoms with E-state index in [-0.39, 0.29) is 17.8 Å². The molecule has 1 aromatic rings. The Labute approximate surface area is 156 Å². The van der Waals surface area contributed by atoms with Gasteiger partial charge in [0.1, 0.15) is 0 Å². The largest absolute Gasteiger partial charge is 0.466 e. The molecule has 0 unspecified atom stereocenters. The lowest BCUT2D eigenvalue weighted by Gasteiger charge is -2.32. The van der Waals surface area contributed by atoms with Crippen molar-refractivity contribution in [1.29, 1.82) is 0 Å². The number of halogens is 2. The molecule has 0 aromatic heterocycles. The first-order valence-electron chi connectivity index (χ1n) is 7.63. The molecule has 0 atom stereocenters. The van der Waals surface area contributed by atoms with E-state index in [2.05, 4.69) is 5.32 Å². The molecule has 0 saturated carbocycles. The Hall–Kier alpha value is -1.37. The first kappa shape index (κ1) is 19.0. The average Bonchev–Trinajstić information content (AvgIpc) is 2.54. The fraction of sp³-hybridized carbons (Fsp3) is 0.438. The van der Waals surface area contributed by atoms with Crippen molar-refractivity contribution in [2.45, 2.75) is 19.8 Å². The second-order valence-electron chi connectivity index (χ2n) is 5.43. The number of carbonyl (C=O) groups excluding carboxylic acids is 2. The highest BCUT2D eigenvalue weighted by Crippen LogP contribution is 2.20. The van der Waals surface area contributed by atoms with Crippen LogP contribution in [-0.4, -0.2) is 41.6 Å². The van der Waals surface area contributed by atoms with Gasteiger partial charge in [0.15, 0.2) is 5.11 Å². The van der Waals surface area contributed by atoms with Crippen molar-refractivity contribution in [3.63, 3.8) is 0 Å². The molecule has 130 valence electrons. The van der Waals surface area contributed by atoms with Gasteiger partial charge in [-0.3, -0.25) is 14.9 Å². The lowest BCUT2D eigenvalue weighted by Crippen LogP contribution is -2.47. The van der Waals surface area contributed by atoms with Crippen LogP contribution in [0.2, 0.25) is 10.0 Å². The van der Waals surface area contributed by atoms with Crippen LogP contribution in [-0.2, 0) is 9.53 Å². The van der Waals surface area contributed by atoms with E-state index in [9.17, 15) is 9.59 Å². The van der Waals surface area contributed by atoms with Gasteiger partial charge in [0.25, 0.3) is 5.91 Å².